The average Bonchev–Trinajstić information content (AvgIpc) is 2.19. The van der Waals surface area contributed by atoms with Crippen LogP contribution in [-0.2, 0) is 15.8 Å². The summed E-state index contributed by atoms with van der Waals surface area (Å²) in [5, 5.41) is -0.514. The highest BCUT2D eigenvalue weighted by Gasteiger charge is 2.33. The van der Waals surface area contributed by atoms with E-state index in [2.05, 4.69) is 4.74 Å². The van der Waals surface area contributed by atoms with Crippen LogP contribution in [0.1, 0.15) is 12.5 Å². The number of Topliss-reactive ketones (excluding diaryl/α,β-unsaturated/α-hetero) is 1. The molecular weight excluding hydrogens is 261 g/mol. The molecule has 0 unspecified atom stereocenters. The Morgan fingerprint density at radius 3 is 2.35 bits per heavy atom. The molecule has 1 rings (SSSR count). The van der Waals surface area contributed by atoms with Gasteiger partial charge in [-0.05, 0) is 18.2 Å². The zero-order valence-corrected chi connectivity index (χ0v) is 9.22. The second-order valence-corrected chi connectivity index (χ2v) is 3.49. The molecule has 0 radical (unpaired) electrons. The summed E-state index contributed by atoms with van der Waals surface area (Å²) < 4.78 is 41.7. The Bertz CT molecular complexity index is 468. The van der Waals surface area contributed by atoms with E-state index >= 15 is 0 Å². The van der Waals surface area contributed by atoms with Gasteiger partial charge >= 0.3 is 12.1 Å². The minimum absolute atomic E-state index is 0.387. The molecule has 0 bridgehead atoms. The molecule has 1 aromatic rings. The maximum Gasteiger partial charge on any atom is 0.417 e. The van der Waals surface area contributed by atoms with E-state index in [4.69, 9.17) is 11.6 Å². The van der Waals surface area contributed by atoms with Crippen LogP contribution in [0.3, 0.4) is 0 Å². The van der Waals surface area contributed by atoms with Gasteiger partial charge in [0.2, 0.25) is 5.78 Å². The number of hydrogen-bond donors (Lipinski definition) is 0. The van der Waals surface area contributed by atoms with Gasteiger partial charge in [-0.25, -0.2) is 4.79 Å². The van der Waals surface area contributed by atoms with Crippen molar-refractivity contribution in [2.45, 2.75) is 13.1 Å². The van der Waals surface area contributed by atoms with Crippen LogP contribution in [0.25, 0.3) is 0 Å². The van der Waals surface area contributed by atoms with Crippen LogP contribution in [0.2, 0.25) is 5.02 Å². The molecule has 0 aliphatic rings. The van der Waals surface area contributed by atoms with Crippen LogP contribution in [0, 0.1) is 0 Å². The number of hydrogen-bond acceptors (Lipinski definition) is 3. The van der Waals surface area contributed by atoms with E-state index in [0.29, 0.717) is 6.07 Å². The molecule has 0 heterocycles. The lowest BCUT2D eigenvalue weighted by Gasteiger charge is -2.10. The Labute approximate surface area is 99.1 Å². The fourth-order valence-corrected chi connectivity index (χ4v) is 1.19. The third-order valence-corrected chi connectivity index (χ3v) is 2.07. The van der Waals surface area contributed by atoms with Gasteiger partial charge in [0.1, 0.15) is 5.75 Å². The van der Waals surface area contributed by atoms with Crippen molar-refractivity contribution in [2.24, 2.45) is 0 Å². The molecule has 0 spiro atoms. The first-order valence-electron chi connectivity index (χ1n) is 4.31. The number of benzene rings is 1. The largest absolute Gasteiger partial charge is 0.421 e. The van der Waals surface area contributed by atoms with Crippen LogP contribution in [-0.4, -0.2) is 11.8 Å². The molecule has 0 amide bonds. The van der Waals surface area contributed by atoms with Crippen LogP contribution in [0.5, 0.6) is 5.75 Å². The van der Waals surface area contributed by atoms with Crippen molar-refractivity contribution in [3.63, 3.8) is 0 Å². The average molecular weight is 267 g/mol. The molecular formula is C10H6ClF3O3. The molecule has 0 atom stereocenters. The molecule has 0 aromatic heterocycles. The van der Waals surface area contributed by atoms with E-state index in [1.54, 1.807) is 0 Å². The number of ether oxygens (including phenoxy) is 1. The predicted molar refractivity (Wildman–Crippen MR) is 52.8 cm³/mol. The quantitative estimate of drug-likeness (QED) is 0.470. The third kappa shape index (κ3) is 3.45. The van der Waals surface area contributed by atoms with Gasteiger partial charge in [0.25, 0.3) is 0 Å². The fourth-order valence-electron chi connectivity index (χ4n) is 0.964. The van der Waals surface area contributed by atoms with Crippen molar-refractivity contribution in [1.82, 2.24) is 0 Å². The Morgan fingerprint density at radius 2 is 1.88 bits per heavy atom. The molecule has 7 heteroatoms. The van der Waals surface area contributed by atoms with Crippen molar-refractivity contribution in [1.29, 1.82) is 0 Å². The number of halogens is 4. The number of ketones is 1. The van der Waals surface area contributed by atoms with Gasteiger partial charge in [0.15, 0.2) is 0 Å². The lowest BCUT2D eigenvalue weighted by atomic mass is 10.2. The lowest BCUT2D eigenvalue weighted by molar-refractivity contribution is -0.146. The second kappa shape index (κ2) is 4.75. The van der Waals surface area contributed by atoms with Crippen LogP contribution < -0.4 is 4.74 Å². The molecule has 0 fully saturated rings. The van der Waals surface area contributed by atoms with Crippen LogP contribution in [0.15, 0.2) is 18.2 Å². The standard InChI is InChI=1S/C10H6ClF3O3/c1-5(15)9(16)17-6-2-3-8(11)7(4-6)10(12,13)14/h2-4H,1H3. The van der Waals surface area contributed by atoms with Crippen molar-refractivity contribution in [3.05, 3.63) is 28.8 Å². The molecule has 92 valence electrons. The normalized spacial score (nSPS) is 11.1. The zero-order chi connectivity index (χ0) is 13.2. The van der Waals surface area contributed by atoms with E-state index in [-0.39, 0.29) is 5.75 Å². The highest BCUT2D eigenvalue weighted by molar-refractivity contribution is 6.33. The zero-order valence-electron chi connectivity index (χ0n) is 8.47. The summed E-state index contributed by atoms with van der Waals surface area (Å²) in [4.78, 5) is 21.4. The van der Waals surface area contributed by atoms with E-state index in [1.165, 1.54) is 0 Å². The number of alkyl halides is 3. The Kier molecular flexibility index (Phi) is 3.77. The van der Waals surface area contributed by atoms with Crippen molar-refractivity contribution < 1.29 is 27.5 Å². The number of carbonyl (C=O) groups excluding carboxylic acids is 2. The van der Waals surface area contributed by atoms with Crippen molar-refractivity contribution in [3.8, 4) is 5.75 Å². The Hall–Kier alpha value is -1.56. The third-order valence-electron chi connectivity index (χ3n) is 1.74. The molecule has 0 saturated heterocycles. The van der Waals surface area contributed by atoms with Gasteiger partial charge in [-0.3, -0.25) is 4.79 Å². The van der Waals surface area contributed by atoms with Gasteiger partial charge in [-0.15, -0.1) is 0 Å². The van der Waals surface area contributed by atoms with Gasteiger partial charge in [-0.2, -0.15) is 13.2 Å². The second-order valence-electron chi connectivity index (χ2n) is 3.09. The maximum absolute atomic E-state index is 12.4. The molecule has 0 aliphatic carbocycles. The van der Waals surface area contributed by atoms with Crippen molar-refractivity contribution >= 4 is 23.4 Å². The van der Waals surface area contributed by atoms with Gasteiger partial charge in [-0.1, -0.05) is 11.6 Å². The Morgan fingerprint density at radius 1 is 1.29 bits per heavy atom. The number of rotatable bonds is 2. The summed E-state index contributed by atoms with van der Waals surface area (Å²) in [5.74, 6) is -2.53. The minimum atomic E-state index is -4.66. The first-order chi connectivity index (χ1) is 7.71. The summed E-state index contributed by atoms with van der Waals surface area (Å²) in [6, 6.07) is 2.56. The van der Waals surface area contributed by atoms with E-state index in [9.17, 15) is 22.8 Å². The Balaban J connectivity index is 3.05. The van der Waals surface area contributed by atoms with E-state index in [1.807, 2.05) is 0 Å². The fraction of sp³-hybridized carbons (Fsp3) is 0.200. The van der Waals surface area contributed by atoms with Gasteiger partial charge < -0.3 is 4.74 Å². The van der Waals surface area contributed by atoms with Gasteiger partial charge in [0, 0.05) is 6.92 Å². The first-order valence-corrected chi connectivity index (χ1v) is 4.69. The minimum Gasteiger partial charge on any atom is -0.421 e. The van der Waals surface area contributed by atoms with Gasteiger partial charge in [0.05, 0.1) is 10.6 Å². The summed E-state index contributed by atoms with van der Waals surface area (Å²) in [7, 11) is 0. The molecule has 1 aromatic carbocycles. The summed E-state index contributed by atoms with van der Waals surface area (Å²) in [5.41, 5.74) is -1.13. The van der Waals surface area contributed by atoms with Crippen LogP contribution >= 0.6 is 11.6 Å². The van der Waals surface area contributed by atoms with Crippen molar-refractivity contribution in [2.75, 3.05) is 0 Å². The topological polar surface area (TPSA) is 43.4 Å². The highest BCUT2D eigenvalue weighted by Crippen LogP contribution is 2.36. The monoisotopic (exact) mass is 266 g/mol. The van der Waals surface area contributed by atoms with Crippen LogP contribution in [0.4, 0.5) is 13.2 Å². The molecule has 0 saturated carbocycles. The smallest absolute Gasteiger partial charge is 0.417 e. The predicted octanol–water partition coefficient (Wildman–Crippen LogP) is 2.85. The SMILES string of the molecule is CC(=O)C(=O)Oc1ccc(Cl)c(C(F)(F)F)c1. The first kappa shape index (κ1) is 13.5. The summed E-state index contributed by atoms with van der Waals surface area (Å²) in [6.45, 7) is 0.947. The van der Waals surface area contributed by atoms with E-state index in [0.717, 1.165) is 19.1 Å². The number of carbonyl (C=O) groups is 2. The molecule has 3 nitrogen and oxygen atoms in total. The highest BCUT2D eigenvalue weighted by atomic mass is 35.5. The summed E-state index contributed by atoms with van der Waals surface area (Å²) in [6.07, 6.45) is -4.66. The molecule has 0 aliphatic heterocycles. The molecule has 17 heavy (non-hydrogen) atoms. The van der Waals surface area contributed by atoms with E-state index < -0.39 is 28.5 Å². The lowest BCUT2D eigenvalue weighted by Crippen LogP contribution is -2.17. The molecule has 0 N–H and O–H groups in total. The summed E-state index contributed by atoms with van der Waals surface area (Å²) >= 11 is 5.35. The number of esters is 1. The maximum atomic E-state index is 12.4.